The molecule has 0 radical (unpaired) electrons. The van der Waals surface area contributed by atoms with E-state index in [4.69, 9.17) is 0 Å². The summed E-state index contributed by atoms with van der Waals surface area (Å²) in [5.74, 6) is 0. The van der Waals surface area contributed by atoms with E-state index in [1.807, 2.05) is 13.8 Å². The Kier molecular flexibility index (Phi) is 4.37. The van der Waals surface area contributed by atoms with Crippen LogP contribution in [0, 0.1) is 6.92 Å². The highest BCUT2D eigenvalue weighted by molar-refractivity contribution is 6.02. The van der Waals surface area contributed by atoms with Crippen molar-refractivity contribution in [1.29, 1.82) is 0 Å². The van der Waals surface area contributed by atoms with Crippen LogP contribution in [0.2, 0.25) is 0 Å². The minimum Gasteiger partial charge on any atom is -0.289 e. The summed E-state index contributed by atoms with van der Waals surface area (Å²) in [7, 11) is 0. The van der Waals surface area contributed by atoms with Gasteiger partial charge in [0.2, 0.25) is 0 Å². The van der Waals surface area contributed by atoms with Crippen molar-refractivity contribution in [3.8, 4) is 0 Å². The molecule has 1 aliphatic heterocycles. The largest absolute Gasteiger partial charge is 0.289 e. The second-order valence-electron chi connectivity index (χ2n) is 3.25. The van der Waals surface area contributed by atoms with E-state index in [1.165, 1.54) is 23.3 Å². The van der Waals surface area contributed by atoms with Crippen LogP contribution in [0.1, 0.15) is 37.8 Å². The summed E-state index contributed by atoms with van der Waals surface area (Å²) in [6.45, 7) is 7.17. The Morgan fingerprint density at radius 1 is 1.14 bits per heavy atom. The number of rotatable bonds is 1. The molecule has 76 valence electrons. The van der Waals surface area contributed by atoms with Crippen LogP contribution >= 0.6 is 0 Å². The first-order valence-electron chi connectivity index (χ1n) is 5.47. The van der Waals surface area contributed by atoms with Gasteiger partial charge in [0, 0.05) is 12.3 Å². The standard InChI is InChI=1S/C11H13N.C2H6/c1-9-5-2-3-6-10(9)11-7-4-8-12-11;1-2/h2-3,5-6H,4,7-8H2,1H3;1-2H3. The van der Waals surface area contributed by atoms with E-state index in [2.05, 4.69) is 36.2 Å². The molecule has 1 aliphatic rings. The van der Waals surface area contributed by atoms with Crippen molar-refractivity contribution in [3.63, 3.8) is 0 Å². The Morgan fingerprint density at radius 2 is 1.86 bits per heavy atom. The molecule has 1 aromatic carbocycles. The van der Waals surface area contributed by atoms with Gasteiger partial charge in [-0.3, -0.25) is 4.99 Å². The van der Waals surface area contributed by atoms with Gasteiger partial charge >= 0.3 is 0 Å². The first kappa shape index (κ1) is 11.0. The van der Waals surface area contributed by atoms with Gasteiger partial charge in [0.05, 0.1) is 0 Å². The molecule has 2 rings (SSSR count). The molecule has 0 atom stereocenters. The first-order valence-corrected chi connectivity index (χ1v) is 5.47. The molecule has 1 heteroatoms. The van der Waals surface area contributed by atoms with Crippen LogP contribution in [-0.4, -0.2) is 12.3 Å². The Labute approximate surface area is 86.9 Å². The van der Waals surface area contributed by atoms with Crippen molar-refractivity contribution >= 4 is 5.71 Å². The van der Waals surface area contributed by atoms with E-state index in [0.29, 0.717) is 0 Å². The van der Waals surface area contributed by atoms with Gasteiger partial charge in [-0.25, -0.2) is 0 Å². The average Bonchev–Trinajstić information content (AvgIpc) is 2.75. The maximum absolute atomic E-state index is 4.48. The lowest BCUT2D eigenvalue weighted by Crippen LogP contribution is -1.98. The molecule has 0 saturated carbocycles. The molecule has 0 amide bonds. The van der Waals surface area contributed by atoms with E-state index in [-0.39, 0.29) is 0 Å². The Balaban J connectivity index is 0.000000461. The molecule has 0 N–H and O–H groups in total. The van der Waals surface area contributed by atoms with Crippen molar-refractivity contribution in [3.05, 3.63) is 35.4 Å². The molecule has 1 nitrogen and oxygen atoms in total. The lowest BCUT2D eigenvalue weighted by atomic mass is 10.0. The zero-order chi connectivity index (χ0) is 10.4. The van der Waals surface area contributed by atoms with Crippen LogP contribution in [0.25, 0.3) is 0 Å². The van der Waals surface area contributed by atoms with Crippen LogP contribution in [0.5, 0.6) is 0 Å². The van der Waals surface area contributed by atoms with E-state index < -0.39 is 0 Å². The van der Waals surface area contributed by atoms with Crippen molar-refractivity contribution in [2.45, 2.75) is 33.6 Å². The van der Waals surface area contributed by atoms with Crippen LogP contribution in [0.3, 0.4) is 0 Å². The second-order valence-corrected chi connectivity index (χ2v) is 3.25. The molecule has 0 aromatic heterocycles. The third kappa shape index (κ3) is 2.44. The minimum absolute atomic E-state index is 1.02. The summed E-state index contributed by atoms with van der Waals surface area (Å²) in [4.78, 5) is 4.48. The molecule has 14 heavy (non-hydrogen) atoms. The Hall–Kier alpha value is -1.11. The summed E-state index contributed by atoms with van der Waals surface area (Å²) in [5, 5.41) is 0. The lowest BCUT2D eigenvalue weighted by molar-refractivity contribution is 0.951. The summed E-state index contributed by atoms with van der Waals surface area (Å²) < 4.78 is 0. The Bertz CT molecular complexity index is 313. The fourth-order valence-corrected chi connectivity index (χ4v) is 1.66. The highest BCUT2D eigenvalue weighted by Crippen LogP contribution is 2.15. The van der Waals surface area contributed by atoms with E-state index >= 15 is 0 Å². The number of aryl methyl sites for hydroxylation is 1. The molecule has 1 aromatic rings. The number of hydrogen-bond acceptors (Lipinski definition) is 1. The van der Waals surface area contributed by atoms with Crippen molar-refractivity contribution in [2.75, 3.05) is 6.54 Å². The second kappa shape index (κ2) is 5.58. The minimum atomic E-state index is 1.02. The summed E-state index contributed by atoms with van der Waals surface area (Å²) in [5.41, 5.74) is 3.99. The van der Waals surface area contributed by atoms with Gasteiger partial charge in [0.25, 0.3) is 0 Å². The summed E-state index contributed by atoms with van der Waals surface area (Å²) in [6.07, 6.45) is 2.38. The molecule has 0 saturated heterocycles. The zero-order valence-corrected chi connectivity index (χ0v) is 9.38. The molecule has 0 bridgehead atoms. The highest BCUT2D eigenvalue weighted by atomic mass is 14.8. The molecule has 1 heterocycles. The number of nitrogens with zero attached hydrogens (tertiary/aromatic N) is 1. The van der Waals surface area contributed by atoms with Gasteiger partial charge < -0.3 is 0 Å². The van der Waals surface area contributed by atoms with Gasteiger partial charge in [-0.05, 0) is 30.9 Å². The predicted molar refractivity (Wildman–Crippen MR) is 63.2 cm³/mol. The number of hydrogen-bond donors (Lipinski definition) is 0. The Morgan fingerprint density at radius 3 is 2.43 bits per heavy atom. The first-order chi connectivity index (χ1) is 6.88. The highest BCUT2D eigenvalue weighted by Gasteiger charge is 2.09. The fourth-order valence-electron chi connectivity index (χ4n) is 1.66. The van der Waals surface area contributed by atoms with Crippen LogP contribution in [0.4, 0.5) is 0 Å². The van der Waals surface area contributed by atoms with E-state index in [0.717, 1.165) is 13.0 Å². The monoisotopic (exact) mass is 189 g/mol. The van der Waals surface area contributed by atoms with Crippen molar-refractivity contribution in [1.82, 2.24) is 0 Å². The zero-order valence-electron chi connectivity index (χ0n) is 9.38. The SMILES string of the molecule is CC.Cc1ccccc1C1=NCCC1. The quantitative estimate of drug-likeness (QED) is 0.640. The van der Waals surface area contributed by atoms with Crippen LogP contribution in [-0.2, 0) is 0 Å². The van der Waals surface area contributed by atoms with Gasteiger partial charge in [0.1, 0.15) is 0 Å². The average molecular weight is 189 g/mol. The third-order valence-corrected chi connectivity index (χ3v) is 2.33. The van der Waals surface area contributed by atoms with Crippen LogP contribution < -0.4 is 0 Å². The third-order valence-electron chi connectivity index (χ3n) is 2.33. The molecule has 0 spiro atoms. The maximum Gasteiger partial charge on any atom is 0.0423 e. The van der Waals surface area contributed by atoms with Crippen molar-refractivity contribution < 1.29 is 0 Å². The van der Waals surface area contributed by atoms with Crippen LogP contribution in [0.15, 0.2) is 29.3 Å². The molecular weight excluding hydrogens is 170 g/mol. The van der Waals surface area contributed by atoms with Gasteiger partial charge in [-0.2, -0.15) is 0 Å². The smallest absolute Gasteiger partial charge is 0.0423 e. The summed E-state index contributed by atoms with van der Waals surface area (Å²) >= 11 is 0. The number of aliphatic imine (C=N–C) groups is 1. The van der Waals surface area contributed by atoms with Crippen molar-refractivity contribution in [2.24, 2.45) is 4.99 Å². The predicted octanol–water partition coefficient (Wildman–Crippen LogP) is 3.60. The summed E-state index contributed by atoms with van der Waals surface area (Å²) in [6, 6.07) is 8.48. The van der Waals surface area contributed by atoms with E-state index in [9.17, 15) is 0 Å². The normalized spacial score (nSPS) is 14.4. The molecule has 0 unspecified atom stereocenters. The topological polar surface area (TPSA) is 12.4 Å². The van der Waals surface area contributed by atoms with E-state index in [1.54, 1.807) is 0 Å². The van der Waals surface area contributed by atoms with Gasteiger partial charge in [0.15, 0.2) is 0 Å². The van der Waals surface area contributed by atoms with Gasteiger partial charge in [-0.15, -0.1) is 0 Å². The molecule has 0 aliphatic carbocycles. The molecule has 0 fully saturated rings. The van der Waals surface area contributed by atoms with Gasteiger partial charge in [-0.1, -0.05) is 38.1 Å². The fraction of sp³-hybridized carbons (Fsp3) is 0.462. The maximum atomic E-state index is 4.48. The molecular formula is C13H19N. The lowest BCUT2D eigenvalue weighted by Gasteiger charge is -2.03. The number of benzene rings is 1.